The number of aromatic nitrogens is 3. The molecule has 192 valence electrons. The minimum Gasteiger partial charge on any atom is -0.437 e. The van der Waals surface area contributed by atoms with Gasteiger partial charge in [0, 0.05) is 35.8 Å². The lowest BCUT2D eigenvalue weighted by Gasteiger charge is -2.12. The van der Waals surface area contributed by atoms with Crippen molar-refractivity contribution >= 4 is 28.3 Å². The molecule has 1 amide bonds. The molecule has 0 radical (unpaired) electrons. The largest absolute Gasteiger partial charge is 0.437 e. The third-order valence-corrected chi connectivity index (χ3v) is 6.59. The lowest BCUT2D eigenvalue weighted by Crippen LogP contribution is -2.26. The van der Waals surface area contributed by atoms with Gasteiger partial charge >= 0.3 is 0 Å². The molecule has 5 rings (SSSR count). The van der Waals surface area contributed by atoms with Gasteiger partial charge in [-0.2, -0.15) is 0 Å². The Hall–Kier alpha value is -3.83. The van der Waals surface area contributed by atoms with Crippen LogP contribution in [-0.2, 0) is 11.1 Å². The summed E-state index contributed by atoms with van der Waals surface area (Å²) in [6.07, 6.45) is 4.19. The van der Waals surface area contributed by atoms with Crippen LogP contribution in [0.25, 0.3) is 16.9 Å². The average Bonchev–Trinajstić information content (AvgIpc) is 3.56. The zero-order valence-electron chi connectivity index (χ0n) is 20.1. The summed E-state index contributed by atoms with van der Waals surface area (Å²) in [5.74, 6) is 0.128. The molecular formula is C26H26FN5O4S. The topological polar surface area (TPSA) is 118 Å². The first kappa shape index (κ1) is 24.8. The molecule has 9 nitrogen and oxygen atoms in total. The van der Waals surface area contributed by atoms with Crippen LogP contribution in [0.4, 0.5) is 10.1 Å². The van der Waals surface area contributed by atoms with Gasteiger partial charge in [-0.05, 0) is 56.0 Å². The monoisotopic (exact) mass is 523 g/mol. The minimum atomic E-state index is -1.87. The molecular weight excluding hydrogens is 497 g/mol. The molecule has 1 atom stereocenters. The van der Waals surface area contributed by atoms with E-state index in [9.17, 15) is 13.4 Å². The predicted molar refractivity (Wildman–Crippen MR) is 139 cm³/mol. The number of amides is 1. The molecule has 4 aromatic rings. The van der Waals surface area contributed by atoms with Crippen LogP contribution >= 0.6 is 0 Å². The maximum Gasteiger partial charge on any atom is 0.251 e. The van der Waals surface area contributed by atoms with Crippen molar-refractivity contribution in [1.29, 1.82) is 0 Å². The molecule has 1 unspecified atom stereocenters. The van der Waals surface area contributed by atoms with Gasteiger partial charge in [0.25, 0.3) is 5.91 Å². The van der Waals surface area contributed by atoms with E-state index in [0.29, 0.717) is 35.6 Å². The number of hydrogen-bond acceptors (Lipinski definition) is 6. The second kappa shape index (κ2) is 10.7. The van der Waals surface area contributed by atoms with Crippen molar-refractivity contribution in [3.8, 4) is 22.9 Å². The summed E-state index contributed by atoms with van der Waals surface area (Å²) in [6, 6.07) is 13.2. The van der Waals surface area contributed by atoms with Crippen LogP contribution in [0.1, 0.15) is 35.2 Å². The Morgan fingerprint density at radius 2 is 2.08 bits per heavy atom. The molecule has 0 aliphatic heterocycles. The molecule has 3 N–H and O–H groups in total. The molecule has 1 aliphatic rings. The fourth-order valence-corrected chi connectivity index (χ4v) is 4.35. The number of hydrogen-bond donors (Lipinski definition) is 3. The summed E-state index contributed by atoms with van der Waals surface area (Å²) in [6.45, 7) is 2.32. The minimum absolute atomic E-state index is 0.0797. The van der Waals surface area contributed by atoms with E-state index >= 15 is 0 Å². The summed E-state index contributed by atoms with van der Waals surface area (Å²) >= 11 is -1.87. The van der Waals surface area contributed by atoms with Crippen LogP contribution in [-0.4, -0.2) is 47.6 Å². The highest BCUT2D eigenvalue weighted by molar-refractivity contribution is 7.79. The van der Waals surface area contributed by atoms with Crippen LogP contribution in [0.2, 0.25) is 0 Å². The quantitative estimate of drug-likeness (QED) is 0.206. The van der Waals surface area contributed by atoms with Crippen molar-refractivity contribution in [2.75, 3.05) is 17.6 Å². The Balaban J connectivity index is 1.49. The van der Waals surface area contributed by atoms with Gasteiger partial charge in [-0.25, -0.2) is 18.1 Å². The van der Waals surface area contributed by atoms with E-state index in [1.165, 1.54) is 12.1 Å². The summed E-state index contributed by atoms with van der Waals surface area (Å²) < 4.78 is 41.2. The number of imidazole rings is 1. The molecule has 2 aromatic heterocycles. The Labute approximate surface area is 215 Å². The van der Waals surface area contributed by atoms with Gasteiger partial charge < -0.3 is 19.9 Å². The number of halogens is 1. The van der Waals surface area contributed by atoms with E-state index in [4.69, 9.17) is 9.29 Å². The fourth-order valence-electron chi connectivity index (χ4n) is 3.96. The highest BCUT2D eigenvalue weighted by Gasteiger charge is 2.24. The molecule has 2 aromatic carbocycles. The SMILES string of the molecule is Cc1cc(-c2cnc3c(NCCCS(=O)O)cc(Oc4cccc(F)c4)nn23)ccc1C(=O)NC1CC1. The van der Waals surface area contributed by atoms with E-state index in [2.05, 4.69) is 20.7 Å². The summed E-state index contributed by atoms with van der Waals surface area (Å²) in [4.78, 5) is 17.1. The second-order valence-corrected chi connectivity index (χ2v) is 9.97. The van der Waals surface area contributed by atoms with Gasteiger partial charge in [0.1, 0.15) is 11.6 Å². The predicted octanol–water partition coefficient (Wildman–Crippen LogP) is 4.55. The van der Waals surface area contributed by atoms with Gasteiger partial charge in [-0.3, -0.25) is 4.79 Å². The smallest absolute Gasteiger partial charge is 0.251 e. The molecule has 1 saturated carbocycles. The Bertz CT molecular complexity index is 1490. The number of aryl methyl sites for hydroxylation is 1. The van der Waals surface area contributed by atoms with Gasteiger partial charge in [0.05, 0.1) is 23.3 Å². The van der Waals surface area contributed by atoms with Crippen molar-refractivity contribution in [2.45, 2.75) is 32.2 Å². The maximum atomic E-state index is 13.7. The standard InChI is InChI=1S/C26H26FN5O4S/c1-16-12-17(6-9-21(16)26(33)30-19-7-8-19)23-15-29-25-22(28-10-3-11-37(34)35)14-24(31-32(23)25)36-20-5-2-4-18(27)13-20/h2,4-6,9,12-15,19,28H,3,7-8,10-11H2,1H3,(H,30,33)(H,34,35). The molecule has 0 saturated heterocycles. The Morgan fingerprint density at radius 3 is 2.81 bits per heavy atom. The van der Waals surface area contributed by atoms with Crippen LogP contribution in [0, 0.1) is 12.7 Å². The number of nitrogens with one attached hydrogen (secondary N) is 2. The molecule has 11 heteroatoms. The number of nitrogens with zero attached hydrogens (tertiary/aromatic N) is 3. The van der Waals surface area contributed by atoms with Gasteiger partial charge in [0.2, 0.25) is 5.88 Å². The molecule has 0 spiro atoms. The number of carbonyl (C=O) groups excluding carboxylic acids is 1. The van der Waals surface area contributed by atoms with Crippen LogP contribution in [0.5, 0.6) is 11.6 Å². The first-order valence-corrected chi connectivity index (χ1v) is 13.2. The lowest BCUT2D eigenvalue weighted by atomic mass is 10.0. The first-order chi connectivity index (χ1) is 17.9. The number of rotatable bonds is 10. The van der Waals surface area contributed by atoms with Crippen LogP contribution in [0.3, 0.4) is 0 Å². The summed E-state index contributed by atoms with van der Waals surface area (Å²) in [7, 11) is 0. The molecule has 1 aliphatic carbocycles. The van der Waals surface area contributed by atoms with Crippen molar-refractivity contribution < 1.29 is 22.7 Å². The number of fused-ring (bicyclic) bond motifs is 1. The highest BCUT2D eigenvalue weighted by Crippen LogP contribution is 2.30. The van der Waals surface area contributed by atoms with Crippen molar-refractivity contribution in [1.82, 2.24) is 19.9 Å². The third kappa shape index (κ3) is 5.95. The fraction of sp³-hybridized carbons (Fsp3) is 0.269. The van der Waals surface area contributed by atoms with Gasteiger partial charge in [0.15, 0.2) is 16.7 Å². The second-order valence-electron chi connectivity index (χ2n) is 8.92. The van der Waals surface area contributed by atoms with Gasteiger partial charge in [-0.15, -0.1) is 5.10 Å². The number of carbonyl (C=O) groups is 1. The number of anilines is 1. The Morgan fingerprint density at radius 1 is 1.24 bits per heavy atom. The van der Waals surface area contributed by atoms with Crippen molar-refractivity contribution in [3.63, 3.8) is 0 Å². The molecule has 0 bridgehead atoms. The van der Waals surface area contributed by atoms with E-state index in [0.717, 1.165) is 24.0 Å². The van der Waals surface area contributed by atoms with E-state index in [1.807, 2.05) is 19.1 Å². The van der Waals surface area contributed by atoms with Crippen molar-refractivity contribution in [3.05, 3.63) is 71.7 Å². The average molecular weight is 524 g/mol. The van der Waals surface area contributed by atoms with Gasteiger partial charge in [-0.1, -0.05) is 12.1 Å². The molecule has 37 heavy (non-hydrogen) atoms. The van der Waals surface area contributed by atoms with Crippen LogP contribution in [0.15, 0.2) is 54.7 Å². The maximum absolute atomic E-state index is 13.7. The highest BCUT2D eigenvalue weighted by atomic mass is 32.2. The normalized spacial score (nSPS) is 13.9. The summed E-state index contributed by atoms with van der Waals surface area (Å²) in [5.41, 5.74) is 4.07. The zero-order valence-corrected chi connectivity index (χ0v) is 20.9. The third-order valence-electron chi connectivity index (χ3n) is 5.95. The zero-order chi connectivity index (χ0) is 25.9. The van der Waals surface area contributed by atoms with E-state index in [1.54, 1.807) is 35.0 Å². The summed E-state index contributed by atoms with van der Waals surface area (Å²) in [5, 5.41) is 10.8. The Kier molecular flexibility index (Phi) is 7.15. The van der Waals surface area contributed by atoms with Crippen LogP contribution < -0.4 is 15.4 Å². The number of ether oxygens (including phenoxy) is 1. The van der Waals surface area contributed by atoms with Crippen molar-refractivity contribution in [2.24, 2.45) is 0 Å². The first-order valence-electron chi connectivity index (χ1n) is 11.9. The molecule has 1 fully saturated rings. The lowest BCUT2D eigenvalue weighted by molar-refractivity contribution is 0.0950. The molecule has 2 heterocycles. The number of benzene rings is 2. The van der Waals surface area contributed by atoms with E-state index in [-0.39, 0.29) is 29.3 Å². The van der Waals surface area contributed by atoms with E-state index < -0.39 is 16.9 Å².